The average molecular weight is 366 g/mol. The van der Waals surface area contributed by atoms with Gasteiger partial charge in [0.15, 0.2) is 0 Å². The van der Waals surface area contributed by atoms with Gasteiger partial charge in [0.25, 0.3) is 11.8 Å². The summed E-state index contributed by atoms with van der Waals surface area (Å²) in [6.07, 6.45) is -4.47. The Morgan fingerprint density at radius 3 is 2.08 bits per heavy atom. The number of benzene rings is 2. The number of anilines is 1. The SMILES string of the molecule is COc1ccc(C(=O)N(C)C)cc1NC(=O)c1ccc(C(F)(F)F)cc1. The Balaban J connectivity index is 2.27. The number of amides is 2. The summed E-state index contributed by atoms with van der Waals surface area (Å²) >= 11 is 0. The Bertz CT molecular complexity index is 815. The van der Waals surface area contributed by atoms with E-state index in [9.17, 15) is 22.8 Å². The maximum Gasteiger partial charge on any atom is 0.416 e. The van der Waals surface area contributed by atoms with Gasteiger partial charge >= 0.3 is 6.18 Å². The fourth-order valence-electron chi connectivity index (χ4n) is 2.20. The minimum atomic E-state index is -4.47. The molecule has 0 aromatic heterocycles. The van der Waals surface area contributed by atoms with Crippen molar-refractivity contribution in [2.75, 3.05) is 26.5 Å². The lowest BCUT2D eigenvalue weighted by atomic mass is 10.1. The van der Waals surface area contributed by atoms with Gasteiger partial charge in [-0.2, -0.15) is 13.2 Å². The highest BCUT2D eigenvalue weighted by molar-refractivity contribution is 6.06. The van der Waals surface area contributed by atoms with Gasteiger partial charge in [-0.3, -0.25) is 9.59 Å². The molecule has 0 saturated carbocycles. The van der Waals surface area contributed by atoms with Crippen molar-refractivity contribution in [3.63, 3.8) is 0 Å². The zero-order valence-corrected chi connectivity index (χ0v) is 14.3. The maximum atomic E-state index is 12.6. The number of nitrogens with zero attached hydrogens (tertiary/aromatic N) is 1. The predicted octanol–water partition coefficient (Wildman–Crippen LogP) is 3.67. The summed E-state index contributed by atoms with van der Waals surface area (Å²) in [5.41, 5.74) is -0.224. The van der Waals surface area contributed by atoms with E-state index in [1.807, 2.05) is 0 Å². The average Bonchev–Trinajstić information content (AvgIpc) is 2.60. The summed E-state index contributed by atoms with van der Waals surface area (Å²) in [4.78, 5) is 25.7. The second kappa shape index (κ2) is 7.47. The molecule has 0 atom stereocenters. The molecule has 8 heteroatoms. The van der Waals surface area contributed by atoms with Crippen LogP contribution in [0.5, 0.6) is 5.75 Å². The third kappa shape index (κ3) is 4.33. The van der Waals surface area contributed by atoms with Crippen LogP contribution in [0.4, 0.5) is 18.9 Å². The third-order valence-electron chi connectivity index (χ3n) is 3.58. The standard InChI is InChI=1S/C18H17F3N2O3/c1-23(2)17(25)12-6-9-15(26-3)14(10-12)22-16(24)11-4-7-13(8-5-11)18(19,20)21/h4-10H,1-3H3,(H,22,24). The summed E-state index contributed by atoms with van der Waals surface area (Å²) in [5.74, 6) is -0.565. The minimum absolute atomic E-state index is 0.0457. The maximum absolute atomic E-state index is 12.6. The molecule has 2 rings (SSSR count). The molecule has 2 aromatic carbocycles. The highest BCUT2D eigenvalue weighted by atomic mass is 19.4. The summed E-state index contributed by atoms with van der Waals surface area (Å²) in [5, 5.41) is 2.55. The molecule has 26 heavy (non-hydrogen) atoms. The molecule has 1 N–H and O–H groups in total. The second-order valence-electron chi connectivity index (χ2n) is 5.64. The molecule has 2 amide bonds. The normalized spacial score (nSPS) is 11.0. The van der Waals surface area contributed by atoms with Gasteiger partial charge in [0.2, 0.25) is 0 Å². The van der Waals surface area contributed by atoms with E-state index in [1.165, 1.54) is 24.1 Å². The van der Waals surface area contributed by atoms with Gasteiger partial charge in [-0.1, -0.05) is 0 Å². The first-order valence-electron chi connectivity index (χ1n) is 7.52. The van der Waals surface area contributed by atoms with Crippen LogP contribution in [0, 0.1) is 0 Å². The Hall–Kier alpha value is -3.03. The first-order chi connectivity index (χ1) is 12.1. The summed E-state index contributed by atoms with van der Waals surface area (Å²) < 4.78 is 42.9. The van der Waals surface area contributed by atoms with Crippen molar-refractivity contribution in [2.45, 2.75) is 6.18 Å². The number of alkyl halides is 3. The van der Waals surface area contributed by atoms with Crippen LogP contribution in [0.1, 0.15) is 26.3 Å². The molecule has 0 aliphatic rings. The molecular formula is C18H17F3N2O3. The quantitative estimate of drug-likeness (QED) is 0.898. The van der Waals surface area contributed by atoms with Crippen LogP contribution in [0.25, 0.3) is 0 Å². The first-order valence-corrected chi connectivity index (χ1v) is 7.52. The second-order valence-corrected chi connectivity index (χ2v) is 5.64. The number of rotatable bonds is 4. The van der Waals surface area contributed by atoms with Crippen LogP contribution in [-0.4, -0.2) is 37.9 Å². The van der Waals surface area contributed by atoms with Crippen molar-refractivity contribution in [3.05, 3.63) is 59.2 Å². The van der Waals surface area contributed by atoms with Gasteiger partial charge in [0, 0.05) is 25.2 Å². The molecule has 0 fully saturated rings. The Kier molecular flexibility index (Phi) is 5.54. The monoisotopic (exact) mass is 366 g/mol. The van der Waals surface area contributed by atoms with E-state index in [4.69, 9.17) is 4.74 Å². The van der Waals surface area contributed by atoms with Gasteiger partial charge in [-0.25, -0.2) is 0 Å². The lowest BCUT2D eigenvalue weighted by molar-refractivity contribution is -0.137. The lowest BCUT2D eigenvalue weighted by Gasteiger charge is -2.14. The number of ether oxygens (including phenoxy) is 1. The number of carbonyl (C=O) groups is 2. The number of hydrogen-bond acceptors (Lipinski definition) is 3. The summed E-state index contributed by atoms with van der Waals surface area (Å²) in [6, 6.07) is 8.35. The van der Waals surface area contributed by atoms with Crippen molar-refractivity contribution < 1.29 is 27.5 Å². The molecule has 0 spiro atoms. The Labute approximate surface area is 148 Å². The zero-order chi connectivity index (χ0) is 19.5. The van der Waals surface area contributed by atoms with Gasteiger partial charge < -0.3 is 15.0 Å². The number of nitrogens with one attached hydrogen (secondary N) is 1. The van der Waals surface area contributed by atoms with Crippen molar-refractivity contribution >= 4 is 17.5 Å². The van der Waals surface area contributed by atoms with Gasteiger partial charge in [0.05, 0.1) is 18.4 Å². The van der Waals surface area contributed by atoms with Crippen LogP contribution in [0.2, 0.25) is 0 Å². The van der Waals surface area contributed by atoms with Crippen molar-refractivity contribution in [3.8, 4) is 5.75 Å². The van der Waals surface area contributed by atoms with Crippen LogP contribution < -0.4 is 10.1 Å². The van der Waals surface area contributed by atoms with Crippen LogP contribution >= 0.6 is 0 Å². The largest absolute Gasteiger partial charge is 0.495 e. The van der Waals surface area contributed by atoms with E-state index in [0.717, 1.165) is 24.3 Å². The van der Waals surface area contributed by atoms with E-state index >= 15 is 0 Å². The molecule has 0 heterocycles. The van der Waals surface area contributed by atoms with Gasteiger partial charge in [0.1, 0.15) is 5.75 Å². The summed E-state index contributed by atoms with van der Waals surface area (Å²) in [7, 11) is 4.58. The van der Waals surface area contributed by atoms with E-state index in [1.54, 1.807) is 20.2 Å². The molecule has 0 saturated heterocycles. The molecule has 138 valence electrons. The van der Waals surface area contributed by atoms with E-state index < -0.39 is 17.6 Å². The fraction of sp³-hybridized carbons (Fsp3) is 0.222. The number of methoxy groups -OCH3 is 1. The Morgan fingerprint density at radius 1 is 1.00 bits per heavy atom. The molecule has 2 aromatic rings. The number of hydrogen-bond donors (Lipinski definition) is 1. The molecule has 0 radical (unpaired) electrons. The van der Waals surface area contributed by atoms with E-state index in [0.29, 0.717) is 11.3 Å². The highest BCUT2D eigenvalue weighted by Crippen LogP contribution is 2.30. The summed E-state index contributed by atoms with van der Waals surface area (Å²) in [6.45, 7) is 0. The van der Waals surface area contributed by atoms with Crippen molar-refractivity contribution in [1.82, 2.24) is 4.90 Å². The molecule has 5 nitrogen and oxygen atoms in total. The predicted molar refractivity (Wildman–Crippen MR) is 90.4 cm³/mol. The third-order valence-corrected chi connectivity index (χ3v) is 3.58. The van der Waals surface area contributed by atoms with Gasteiger partial charge in [-0.15, -0.1) is 0 Å². The highest BCUT2D eigenvalue weighted by Gasteiger charge is 2.30. The molecular weight excluding hydrogens is 349 g/mol. The zero-order valence-electron chi connectivity index (χ0n) is 14.3. The topological polar surface area (TPSA) is 58.6 Å². The fourth-order valence-corrected chi connectivity index (χ4v) is 2.20. The molecule has 0 unspecified atom stereocenters. The van der Waals surface area contributed by atoms with Crippen molar-refractivity contribution in [1.29, 1.82) is 0 Å². The van der Waals surface area contributed by atoms with Crippen LogP contribution in [-0.2, 0) is 6.18 Å². The molecule has 0 aliphatic carbocycles. The molecule has 0 aliphatic heterocycles. The lowest BCUT2D eigenvalue weighted by Crippen LogP contribution is -2.22. The van der Waals surface area contributed by atoms with E-state index in [2.05, 4.69) is 5.32 Å². The van der Waals surface area contributed by atoms with E-state index in [-0.39, 0.29) is 17.2 Å². The first kappa shape index (κ1) is 19.3. The van der Waals surface area contributed by atoms with Crippen LogP contribution in [0.3, 0.4) is 0 Å². The number of halogens is 3. The van der Waals surface area contributed by atoms with Crippen LogP contribution in [0.15, 0.2) is 42.5 Å². The minimum Gasteiger partial charge on any atom is -0.495 e. The number of carbonyl (C=O) groups excluding carboxylic acids is 2. The Morgan fingerprint density at radius 2 is 1.58 bits per heavy atom. The molecule has 0 bridgehead atoms. The smallest absolute Gasteiger partial charge is 0.416 e. The van der Waals surface area contributed by atoms with Gasteiger partial charge in [-0.05, 0) is 42.5 Å². The van der Waals surface area contributed by atoms with Crippen molar-refractivity contribution in [2.24, 2.45) is 0 Å².